The highest BCUT2D eigenvalue weighted by Crippen LogP contribution is 2.37. The van der Waals surface area contributed by atoms with Gasteiger partial charge in [-0.25, -0.2) is 4.79 Å². The molecule has 2 heterocycles. The fourth-order valence-corrected chi connectivity index (χ4v) is 2.64. The van der Waals surface area contributed by atoms with Crippen LogP contribution in [0, 0.1) is 0 Å². The molecule has 2 aliphatic rings. The first-order chi connectivity index (χ1) is 9.15. The summed E-state index contributed by atoms with van der Waals surface area (Å²) in [7, 11) is 0. The molecule has 3 rings (SSSR count). The van der Waals surface area contributed by atoms with E-state index in [1.54, 1.807) is 0 Å². The number of benzene rings is 1. The Morgan fingerprint density at radius 3 is 2.84 bits per heavy atom. The molecule has 6 heteroatoms. The average molecular weight is 265 g/mol. The molecule has 0 aliphatic carbocycles. The summed E-state index contributed by atoms with van der Waals surface area (Å²) in [6.07, 6.45) is -1.07. The van der Waals surface area contributed by atoms with Gasteiger partial charge in [0, 0.05) is 12.5 Å². The molecule has 1 amide bonds. The average Bonchev–Trinajstić information content (AvgIpc) is 2.85. The molecule has 0 saturated carbocycles. The number of fused-ring (bicyclic) bond motifs is 1. The van der Waals surface area contributed by atoms with Crippen LogP contribution in [0.2, 0.25) is 0 Å². The molecule has 2 aliphatic heterocycles. The minimum atomic E-state index is -0.983. The second-order valence-electron chi connectivity index (χ2n) is 4.80. The summed E-state index contributed by atoms with van der Waals surface area (Å²) >= 11 is 0. The number of aliphatic hydroxyl groups is 1. The van der Waals surface area contributed by atoms with Crippen molar-refractivity contribution >= 4 is 6.09 Å². The Labute approximate surface area is 110 Å². The predicted molar refractivity (Wildman–Crippen MR) is 65.5 cm³/mol. The van der Waals surface area contributed by atoms with E-state index in [9.17, 15) is 9.90 Å². The molecule has 2 atom stereocenters. The topological polar surface area (TPSA) is 79.2 Å². The van der Waals surface area contributed by atoms with Crippen LogP contribution in [0.5, 0.6) is 11.5 Å². The minimum absolute atomic E-state index is 0.0647. The van der Waals surface area contributed by atoms with E-state index in [-0.39, 0.29) is 19.3 Å². The molecule has 0 radical (unpaired) electrons. The molecule has 102 valence electrons. The second-order valence-corrected chi connectivity index (χ2v) is 4.80. The Balaban J connectivity index is 1.78. The molecule has 19 heavy (non-hydrogen) atoms. The molecule has 1 fully saturated rings. The number of β-amino-alcohol motifs (C(OH)–C–C–N with tert-alkyl or cyclic N) is 1. The van der Waals surface area contributed by atoms with E-state index < -0.39 is 12.2 Å². The number of hydrogen-bond donors (Lipinski definition) is 2. The molecular formula is C13H15NO5. The normalized spacial score (nSPS) is 25.4. The van der Waals surface area contributed by atoms with Gasteiger partial charge in [0.25, 0.3) is 0 Å². The van der Waals surface area contributed by atoms with Gasteiger partial charge in [-0.2, -0.15) is 0 Å². The lowest BCUT2D eigenvalue weighted by Crippen LogP contribution is -2.45. The quantitative estimate of drug-likeness (QED) is 0.798. The molecule has 1 aromatic rings. The zero-order valence-electron chi connectivity index (χ0n) is 10.3. The third-order valence-corrected chi connectivity index (χ3v) is 3.68. The van der Waals surface area contributed by atoms with Gasteiger partial charge in [-0.15, -0.1) is 0 Å². The van der Waals surface area contributed by atoms with E-state index in [0.717, 1.165) is 5.56 Å². The SMILES string of the molecule is O=C(O)N1CCC(c2ccc3c(c2)OCO3)C(O)C1. The number of amides is 1. The number of ether oxygens (including phenoxy) is 2. The third-order valence-electron chi connectivity index (χ3n) is 3.68. The molecule has 0 bridgehead atoms. The largest absolute Gasteiger partial charge is 0.465 e. The maximum atomic E-state index is 10.9. The summed E-state index contributed by atoms with van der Waals surface area (Å²) in [5, 5.41) is 19.0. The monoisotopic (exact) mass is 265 g/mol. The van der Waals surface area contributed by atoms with Crippen LogP contribution >= 0.6 is 0 Å². The van der Waals surface area contributed by atoms with Gasteiger partial charge in [0.1, 0.15) is 0 Å². The number of aliphatic hydroxyl groups excluding tert-OH is 1. The molecule has 0 aromatic heterocycles. The standard InChI is InChI=1S/C13H15NO5/c15-10-6-14(13(16)17)4-3-9(10)8-1-2-11-12(5-8)19-7-18-11/h1-2,5,9-10,15H,3-4,6-7H2,(H,16,17). The van der Waals surface area contributed by atoms with Gasteiger partial charge in [-0.3, -0.25) is 0 Å². The Bertz CT molecular complexity index is 504. The highest BCUT2D eigenvalue weighted by Gasteiger charge is 2.31. The van der Waals surface area contributed by atoms with Crippen LogP contribution in [-0.2, 0) is 0 Å². The van der Waals surface area contributed by atoms with Gasteiger partial charge in [-0.05, 0) is 24.1 Å². The van der Waals surface area contributed by atoms with Crippen molar-refractivity contribution in [1.29, 1.82) is 0 Å². The fraction of sp³-hybridized carbons (Fsp3) is 0.462. The van der Waals surface area contributed by atoms with Gasteiger partial charge in [-0.1, -0.05) is 6.07 Å². The van der Waals surface area contributed by atoms with Crippen molar-refractivity contribution in [3.05, 3.63) is 23.8 Å². The Kier molecular flexibility index (Phi) is 2.94. The molecular weight excluding hydrogens is 250 g/mol. The van der Waals surface area contributed by atoms with Crippen molar-refractivity contribution in [3.8, 4) is 11.5 Å². The summed E-state index contributed by atoms with van der Waals surface area (Å²) in [6, 6.07) is 5.60. The molecule has 1 saturated heterocycles. The van der Waals surface area contributed by atoms with E-state index in [0.29, 0.717) is 24.5 Å². The first-order valence-corrected chi connectivity index (χ1v) is 6.20. The summed E-state index contributed by atoms with van der Waals surface area (Å²) in [6.45, 7) is 0.804. The predicted octanol–water partition coefficient (Wildman–Crippen LogP) is 1.24. The van der Waals surface area contributed by atoms with E-state index in [1.165, 1.54) is 4.90 Å². The van der Waals surface area contributed by atoms with Crippen LogP contribution in [0.3, 0.4) is 0 Å². The maximum Gasteiger partial charge on any atom is 0.407 e. The molecule has 6 nitrogen and oxygen atoms in total. The van der Waals surface area contributed by atoms with Gasteiger partial charge in [0.05, 0.1) is 12.6 Å². The Hall–Kier alpha value is -1.95. The number of nitrogens with zero attached hydrogens (tertiary/aromatic N) is 1. The molecule has 0 spiro atoms. The van der Waals surface area contributed by atoms with E-state index in [2.05, 4.69) is 0 Å². The number of carboxylic acid groups (broad SMARTS) is 1. The van der Waals surface area contributed by atoms with Gasteiger partial charge < -0.3 is 24.6 Å². The van der Waals surface area contributed by atoms with Crippen LogP contribution in [0.25, 0.3) is 0 Å². The first kappa shape index (κ1) is 12.1. The van der Waals surface area contributed by atoms with Crippen molar-refractivity contribution in [2.75, 3.05) is 19.9 Å². The van der Waals surface area contributed by atoms with E-state index in [1.807, 2.05) is 18.2 Å². The Morgan fingerprint density at radius 1 is 1.32 bits per heavy atom. The van der Waals surface area contributed by atoms with Crippen molar-refractivity contribution in [3.63, 3.8) is 0 Å². The fourth-order valence-electron chi connectivity index (χ4n) is 2.64. The smallest absolute Gasteiger partial charge is 0.407 e. The minimum Gasteiger partial charge on any atom is -0.465 e. The van der Waals surface area contributed by atoms with Crippen LogP contribution in [-0.4, -0.2) is 47.2 Å². The molecule has 1 aromatic carbocycles. The summed E-state index contributed by atoms with van der Waals surface area (Å²) < 4.78 is 10.6. The highest BCUT2D eigenvalue weighted by molar-refractivity contribution is 5.65. The van der Waals surface area contributed by atoms with Crippen LogP contribution in [0.1, 0.15) is 17.9 Å². The Morgan fingerprint density at radius 2 is 2.11 bits per heavy atom. The first-order valence-electron chi connectivity index (χ1n) is 6.20. The van der Waals surface area contributed by atoms with Gasteiger partial charge in [0.15, 0.2) is 11.5 Å². The number of carbonyl (C=O) groups is 1. The summed E-state index contributed by atoms with van der Waals surface area (Å²) in [5.41, 5.74) is 0.960. The van der Waals surface area contributed by atoms with Crippen LogP contribution in [0.4, 0.5) is 4.79 Å². The lowest BCUT2D eigenvalue weighted by Gasteiger charge is -2.34. The van der Waals surface area contributed by atoms with Gasteiger partial charge in [0.2, 0.25) is 6.79 Å². The van der Waals surface area contributed by atoms with E-state index >= 15 is 0 Å². The van der Waals surface area contributed by atoms with Crippen LogP contribution < -0.4 is 9.47 Å². The second kappa shape index (κ2) is 4.62. The van der Waals surface area contributed by atoms with Crippen LogP contribution in [0.15, 0.2) is 18.2 Å². The highest BCUT2D eigenvalue weighted by atomic mass is 16.7. The number of rotatable bonds is 1. The summed E-state index contributed by atoms with van der Waals surface area (Å²) in [5.74, 6) is 1.33. The van der Waals surface area contributed by atoms with Crippen molar-refractivity contribution in [2.45, 2.75) is 18.4 Å². The third kappa shape index (κ3) is 2.19. The zero-order valence-corrected chi connectivity index (χ0v) is 10.3. The number of piperidine rings is 1. The maximum absolute atomic E-state index is 10.9. The van der Waals surface area contributed by atoms with Crippen molar-refractivity contribution in [1.82, 2.24) is 4.90 Å². The molecule has 2 N–H and O–H groups in total. The number of hydrogen-bond acceptors (Lipinski definition) is 4. The van der Waals surface area contributed by atoms with Crippen molar-refractivity contribution in [2.24, 2.45) is 0 Å². The van der Waals surface area contributed by atoms with E-state index in [4.69, 9.17) is 14.6 Å². The van der Waals surface area contributed by atoms with Crippen molar-refractivity contribution < 1.29 is 24.5 Å². The zero-order chi connectivity index (χ0) is 13.4. The molecule has 2 unspecified atom stereocenters. The lowest BCUT2D eigenvalue weighted by atomic mass is 9.87. The number of likely N-dealkylation sites (tertiary alicyclic amines) is 1. The van der Waals surface area contributed by atoms with Gasteiger partial charge >= 0.3 is 6.09 Å². The summed E-state index contributed by atoms with van der Waals surface area (Å²) in [4.78, 5) is 12.1. The lowest BCUT2D eigenvalue weighted by molar-refractivity contribution is 0.0503.